The number of ether oxygens (including phenoxy) is 2. The normalized spacial score (nSPS) is 14.9. The summed E-state index contributed by atoms with van der Waals surface area (Å²) in [4.78, 5) is 38.0. The molecule has 4 rings (SSSR count). The maximum Gasteiger partial charge on any atom is 0.430 e. The van der Waals surface area contributed by atoms with Crippen molar-refractivity contribution >= 4 is 23.7 Å². The number of hydrogen-bond acceptors (Lipinski definition) is 10. The summed E-state index contributed by atoms with van der Waals surface area (Å²) in [5.74, 6) is -3.23. The van der Waals surface area contributed by atoms with Crippen molar-refractivity contribution in [3.05, 3.63) is 48.2 Å². The number of carboxylic acids is 1. The fraction of sp³-hybridized carbons (Fsp3) is 0.304. The molecule has 3 heterocycles. The minimum Gasteiger partial charge on any atom is -0.542 e. The van der Waals surface area contributed by atoms with Gasteiger partial charge in [0.05, 0.1) is 25.2 Å². The average Bonchev–Trinajstić information content (AvgIpc) is 3.48. The Morgan fingerprint density at radius 2 is 1.95 bits per heavy atom. The van der Waals surface area contributed by atoms with E-state index in [0.29, 0.717) is 34.9 Å². The maximum absolute atomic E-state index is 14.9. The standard InChI is InChI=1S/C21H20FN5O5.C2HF3O2/c1-12-25-26-20(31-12)18-5-2-13(9-24-18)16-4-3-14(8-17(16)22)27-10-15(32-21(27)29)11-30-19(28)6-7-23;3-2(4,5)1(6)7/h2-5,8-9,15H,6-7,10-11,23H2,1H3;(H,6,7)/t15-;/m1./s1. The van der Waals surface area contributed by atoms with E-state index in [9.17, 15) is 27.2 Å². The third-order valence-corrected chi connectivity index (χ3v) is 5.00. The zero-order chi connectivity index (χ0) is 28.7. The fourth-order valence-corrected chi connectivity index (χ4v) is 3.21. The van der Waals surface area contributed by atoms with Crippen LogP contribution in [0.5, 0.6) is 0 Å². The van der Waals surface area contributed by atoms with Crippen LogP contribution in [0.25, 0.3) is 22.7 Å². The maximum atomic E-state index is 14.9. The van der Waals surface area contributed by atoms with E-state index >= 15 is 0 Å². The lowest BCUT2D eigenvalue weighted by molar-refractivity contribution is -0.366. The lowest BCUT2D eigenvalue weighted by atomic mass is 10.1. The molecule has 12 nitrogen and oxygen atoms in total. The molecule has 39 heavy (non-hydrogen) atoms. The van der Waals surface area contributed by atoms with Gasteiger partial charge in [-0.25, -0.2) is 9.18 Å². The van der Waals surface area contributed by atoms with Crippen LogP contribution in [0.15, 0.2) is 40.9 Å². The fourth-order valence-electron chi connectivity index (χ4n) is 3.21. The molecule has 1 aliphatic rings. The Bertz CT molecular complexity index is 1330. The van der Waals surface area contributed by atoms with Gasteiger partial charge in [0, 0.05) is 24.2 Å². The third kappa shape index (κ3) is 7.70. The van der Waals surface area contributed by atoms with Crippen LogP contribution in [-0.4, -0.2) is 65.2 Å². The van der Waals surface area contributed by atoms with Crippen LogP contribution < -0.4 is 15.7 Å². The van der Waals surface area contributed by atoms with Gasteiger partial charge in [0.1, 0.15) is 24.1 Å². The quantitative estimate of drug-likeness (QED) is 0.328. The van der Waals surface area contributed by atoms with Crippen molar-refractivity contribution < 1.29 is 56.7 Å². The first-order chi connectivity index (χ1) is 18.4. The summed E-state index contributed by atoms with van der Waals surface area (Å²) < 4.78 is 62.0. The highest BCUT2D eigenvalue weighted by atomic mass is 19.4. The molecule has 1 aliphatic heterocycles. The van der Waals surface area contributed by atoms with Gasteiger partial charge in [0.2, 0.25) is 5.89 Å². The molecule has 2 aromatic heterocycles. The minimum atomic E-state index is -5.19. The van der Waals surface area contributed by atoms with E-state index in [4.69, 9.17) is 23.8 Å². The number of hydrogen-bond donors (Lipinski definition) is 1. The summed E-state index contributed by atoms with van der Waals surface area (Å²) in [5, 5.41) is 16.4. The van der Waals surface area contributed by atoms with Crippen LogP contribution in [0.4, 0.5) is 28.0 Å². The molecule has 0 aliphatic carbocycles. The lowest BCUT2D eigenvalue weighted by Crippen LogP contribution is -2.51. The predicted octanol–water partition coefficient (Wildman–Crippen LogP) is 1.05. The molecule has 0 spiro atoms. The summed E-state index contributed by atoms with van der Waals surface area (Å²) in [6.07, 6.45) is -4.74. The number of cyclic esters (lactones) is 1. The van der Waals surface area contributed by atoms with Crippen LogP contribution in [0.3, 0.4) is 0 Å². The number of carboxylic acid groups (broad SMARTS) is 1. The molecule has 0 radical (unpaired) electrons. The summed E-state index contributed by atoms with van der Waals surface area (Å²) in [6, 6.07) is 7.79. The Labute approximate surface area is 217 Å². The van der Waals surface area contributed by atoms with Crippen LogP contribution in [-0.2, 0) is 19.1 Å². The smallest absolute Gasteiger partial charge is 0.430 e. The number of pyridine rings is 1. The van der Waals surface area contributed by atoms with Crippen molar-refractivity contribution in [1.29, 1.82) is 0 Å². The predicted molar refractivity (Wildman–Crippen MR) is 120 cm³/mol. The Balaban J connectivity index is 0.000000532. The van der Waals surface area contributed by atoms with Gasteiger partial charge in [-0.05, 0) is 24.3 Å². The van der Waals surface area contributed by atoms with Gasteiger partial charge in [-0.15, -0.1) is 10.2 Å². The van der Waals surface area contributed by atoms with E-state index in [-0.39, 0.29) is 25.5 Å². The van der Waals surface area contributed by atoms with E-state index < -0.39 is 36.1 Å². The summed E-state index contributed by atoms with van der Waals surface area (Å²) >= 11 is 0. The number of amides is 1. The molecular weight excluding hydrogens is 534 g/mol. The molecule has 3 N–H and O–H groups in total. The highest BCUT2D eigenvalue weighted by Gasteiger charge is 2.33. The Kier molecular flexibility index (Phi) is 9.13. The topological polar surface area (TPSA) is 175 Å². The first kappa shape index (κ1) is 29.0. The van der Waals surface area contributed by atoms with Crippen LogP contribution in [0.2, 0.25) is 0 Å². The molecule has 0 unspecified atom stereocenters. The van der Waals surface area contributed by atoms with Crippen LogP contribution in [0.1, 0.15) is 12.3 Å². The van der Waals surface area contributed by atoms with Crippen LogP contribution in [0, 0.1) is 12.7 Å². The third-order valence-electron chi connectivity index (χ3n) is 5.00. The van der Waals surface area contributed by atoms with Crippen molar-refractivity contribution in [1.82, 2.24) is 15.2 Å². The zero-order valence-electron chi connectivity index (χ0n) is 20.2. The van der Waals surface area contributed by atoms with Gasteiger partial charge in [-0.2, -0.15) is 13.2 Å². The number of aromatic nitrogens is 3. The number of rotatable bonds is 7. The number of halogens is 4. The first-order valence-corrected chi connectivity index (χ1v) is 11.2. The van der Waals surface area contributed by atoms with Gasteiger partial charge in [-0.1, -0.05) is 6.07 Å². The van der Waals surface area contributed by atoms with Gasteiger partial charge < -0.3 is 29.5 Å². The van der Waals surface area contributed by atoms with E-state index in [1.807, 2.05) is 0 Å². The molecule has 0 saturated carbocycles. The Hall–Kier alpha value is -4.60. The molecule has 1 saturated heterocycles. The molecule has 1 amide bonds. The van der Waals surface area contributed by atoms with Crippen molar-refractivity contribution in [3.63, 3.8) is 0 Å². The van der Waals surface area contributed by atoms with Gasteiger partial charge >= 0.3 is 18.2 Å². The Morgan fingerprint density at radius 3 is 2.49 bits per heavy atom. The number of esters is 1. The number of quaternary nitrogens is 1. The number of carbonyl (C=O) groups excluding carboxylic acids is 3. The van der Waals surface area contributed by atoms with Crippen molar-refractivity contribution in [2.45, 2.75) is 25.6 Å². The largest absolute Gasteiger partial charge is 0.542 e. The Morgan fingerprint density at radius 1 is 1.23 bits per heavy atom. The van der Waals surface area contributed by atoms with E-state index in [0.717, 1.165) is 0 Å². The molecule has 1 aromatic carbocycles. The minimum absolute atomic E-state index is 0.0563. The molecule has 0 bridgehead atoms. The molecule has 3 aromatic rings. The number of nitrogens with zero attached hydrogens (tertiary/aromatic N) is 4. The number of anilines is 1. The summed E-state index contributed by atoms with van der Waals surface area (Å²) in [7, 11) is 0. The monoisotopic (exact) mass is 555 g/mol. The van der Waals surface area contributed by atoms with Gasteiger partial charge in [-0.3, -0.25) is 14.7 Å². The second-order valence-corrected chi connectivity index (χ2v) is 7.91. The molecule has 16 heteroatoms. The van der Waals surface area contributed by atoms with E-state index in [2.05, 4.69) is 20.9 Å². The summed E-state index contributed by atoms with van der Waals surface area (Å²) in [6.45, 7) is 2.20. The van der Waals surface area contributed by atoms with Gasteiger partial charge in [0.15, 0.2) is 6.10 Å². The average molecular weight is 555 g/mol. The zero-order valence-corrected chi connectivity index (χ0v) is 20.2. The lowest BCUT2D eigenvalue weighted by Gasteiger charge is -2.14. The first-order valence-electron chi connectivity index (χ1n) is 11.2. The highest BCUT2D eigenvalue weighted by Crippen LogP contribution is 2.29. The second kappa shape index (κ2) is 12.3. The second-order valence-electron chi connectivity index (χ2n) is 7.91. The molecule has 208 valence electrons. The van der Waals surface area contributed by atoms with Gasteiger partial charge in [0.25, 0.3) is 5.89 Å². The van der Waals surface area contributed by atoms with Crippen molar-refractivity contribution in [2.24, 2.45) is 0 Å². The highest BCUT2D eigenvalue weighted by molar-refractivity contribution is 5.90. The van der Waals surface area contributed by atoms with Crippen molar-refractivity contribution in [2.75, 3.05) is 24.6 Å². The molecule has 1 atom stereocenters. The molecule has 1 fully saturated rings. The number of carbonyl (C=O) groups is 3. The van der Waals surface area contributed by atoms with E-state index in [1.165, 1.54) is 17.2 Å². The number of aryl methyl sites for hydroxylation is 1. The summed E-state index contributed by atoms with van der Waals surface area (Å²) in [5.41, 5.74) is 5.27. The molecular formula is C23H21F4N5O7. The number of aliphatic carboxylic acids is 1. The van der Waals surface area contributed by atoms with Crippen molar-refractivity contribution in [3.8, 4) is 22.7 Å². The number of alkyl halides is 3. The number of benzene rings is 1. The SMILES string of the molecule is Cc1nnc(-c2ccc(-c3ccc(N4C[C@H](COC(=O)CC[NH3+])OC4=O)cc3F)cn2)o1.O=C([O-])C(F)(F)F. The van der Waals surface area contributed by atoms with Crippen LogP contribution >= 0.6 is 0 Å². The van der Waals surface area contributed by atoms with E-state index in [1.54, 1.807) is 31.2 Å².